The summed E-state index contributed by atoms with van der Waals surface area (Å²) in [5, 5.41) is 8.31. The normalized spacial score (nSPS) is 10.0. The van der Waals surface area contributed by atoms with Crippen LogP contribution in [-0.2, 0) is 4.79 Å². The Labute approximate surface area is 87.3 Å². The summed E-state index contributed by atoms with van der Waals surface area (Å²) in [4.78, 5) is 21.2. The van der Waals surface area contributed by atoms with Crippen LogP contribution in [0.2, 0.25) is 0 Å². The molecule has 0 heterocycles. The van der Waals surface area contributed by atoms with E-state index in [2.05, 4.69) is 4.74 Å². The van der Waals surface area contributed by atoms with Crippen LogP contribution in [0.3, 0.4) is 0 Å². The maximum absolute atomic E-state index is 13.3. The van der Waals surface area contributed by atoms with Gasteiger partial charge in [0.15, 0.2) is 17.4 Å². The molecule has 0 spiro atoms. The Hall–Kier alpha value is -2.05. The van der Waals surface area contributed by atoms with Gasteiger partial charge in [0, 0.05) is 0 Å². The molecule has 7 heteroatoms. The molecule has 0 unspecified atom stereocenters. The molecule has 0 radical (unpaired) electrons. The lowest BCUT2D eigenvalue weighted by molar-refractivity contribution is -0.131. The van der Waals surface area contributed by atoms with Crippen LogP contribution >= 0.6 is 0 Å². The van der Waals surface area contributed by atoms with Gasteiger partial charge in [0.25, 0.3) is 5.78 Å². The van der Waals surface area contributed by atoms with Crippen LogP contribution in [0.15, 0.2) is 6.07 Å². The van der Waals surface area contributed by atoms with Crippen molar-refractivity contribution in [2.24, 2.45) is 0 Å². The molecule has 0 fully saturated rings. The summed E-state index contributed by atoms with van der Waals surface area (Å²) in [5.74, 6) is -9.54. The summed E-state index contributed by atoms with van der Waals surface area (Å²) < 4.78 is 43.3. The third kappa shape index (κ3) is 1.83. The largest absolute Gasteiger partial charge is 0.491 e. The first-order valence-electron chi connectivity index (χ1n) is 3.89. The predicted octanol–water partition coefficient (Wildman–Crippen LogP) is 1.38. The van der Waals surface area contributed by atoms with Gasteiger partial charge in [-0.25, -0.2) is 13.6 Å². The zero-order chi connectivity index (χ0) is 12.5. The van der Waals surface area contributed by atoms with Gasteiger partial charge in [-0.1, -0.05) is 0 Å². The number of ketones is 1. The molecule has 1 rings (SSSR count). The van der Waals surface area contributed by atoms with Crippen molar-refractivity contribution in [3.8, 4) is 5.75 Å². The van der Waals surface area contributed by atoms with E-state index < -0.39 is 40.5 Å². The maximum atomic E-state index is 13.3. The molecular formula is C9H5F3O4. The van der Waals surface area contributed by atoms with Crippen molar-refractivity contribution in [1.82, 2.24) is 0 Å². The smallest absolute Gasteiger partial charge is 0.377 e. The number of carbonyl (C=O) groups is 2. The number of ether oxygens (including phenoxy) is 1. The fourth-order valence-corrected chi connectivity index (χ4v) is 1.04. The molecule has 1 N–H and O–H groups in total. The summed E-state index contributed by atoms with van der Waals surface area (Å²) in [7, 11) is 0.857. The predicted molar refractivity (Wildman–Crippen MR) is 44.8 cm³/mol. The van der Waals surface area contributed by atoms with Gasteiger partial charge in [-0.3, -0.25) is 4.79 Å². The molecule has 86 valence electrons. The monoisotopic (exact) mass is 234 g/mol. The van der Waals surface area contributed by atoms with Crippen molar-refractivity contribution >= 4 is 11.8 Å². The molecule has 1 aromatic rings. The van der Waals surface area contributed by atoms with Gasteiger partial charge >= 0.3 is 5.97 Å². The standard InChI is InChI=1S/C9H5F3O4/c1-16-8-5(11)3(7(13)9(14)15)2-4(10)6(8)12/h2H,1H3,(H,14,15). The van der Waals surface area contributed by atoms with Crippen LogP contribution in [0.25, 0.3) is 0 Å². The minimum atomic E-state index is -1.98. The summed E-state index contributed by atoms with van der Waals surface area (Å²) in [6, 6.07) is 0.170. The number of aliphatic carboxylic acids is 1. The minimum Gasteiger partial charge on any atom is -0.491 e. The molecule has 4 nitrogen and oxygen atoms in total. The Balaban J connectivity index is 3.48. The van der Waals surface area contributed by atoms with Crippen molar-refractivity contribution in [2.45, 2.75) is 0 Å². The Morgan fingerprint density at radius 3 is 2.25 bits per heavy atom. The molecule has 0 amide bonds. The highest BCUT2D eigenvalue weighted by Gasteiger charge is 2.26. The maximum Gasteiger partial charge on any atom is 0.377 e. The number of Topliss-reactive ketones (excluding diaryl/α,β-unsaturated/α-hetero) is 1. The highest BCUT2D eigenvalue weighted by molar-refractivity contribution is 6.40. The molecule has 0 bridgehead atoms. The number of hydrogen-bond acceptors (Lipinski definition) is 3. The Bertz CT molecular complexity index is 470. The molecule has 0 aromatic heterocycles. The second-order valence-electron chi connectivity index (χ2n) is 2.70. The van der Waals surface area contributed by atoms with Crippen molar-refractivity contribution in [3.05, 3.63) is 29.1 Å². The van der Waals surface area contributed by atoms with Gasteiger partial charge in [0.2, 0.25) is 5.82 Å². The molecule has 0 aliphatic carbocycles. The van der Waals surface area contributed by atoms with Gasteiger partial charge in [-0.2, -0.15) is 4.39 Å². The van der Waals surface area contributed by atoms with Crippen LogP contribution in [0.4, 0.5) is 13.2 Å². The summed E-state index contributed by atoms with van der Waals surface area (Å²) in [6.45, 7) is 0. The molecule has 0 saturated carbocycles. The number of carboxylic acids is 1. The number of benzene rings is 1. The number of rotatable bonds is 3. The van der Waals surface area contributed by atoms with E-state index in [0.29, 0.717) is 0 Å². The quantitative estimate of drug-likeness (QED) is 0.487. The lowest BCUT2D eigenvalue weighted by Gasteiger charge is -2.07. The number of halogens is 3. The molecule has 0 atom stereocenters. The van der Waals surface area contributed by atoms with E-state index in [9.17, 15) is 22.8 Å². The van der Waals surface area contributed by atoms with Crippen LogP contribution in [0.5, 0.6) is 5.75 Å². The van der Waals surface area contributed by atoms with E-state index >= 15 is 0 Å². The first-order valence-corrected chi connectivity index (χ1v) is 3.89. The van der Waals surface area contributed by atoms with E-state index in [1.165, 1.54) is 0 Å². The van der Waals surface area contributed by atoms with Gasteiger partial charge in [-0.15, -0.1) is 0 Å². The number of methoxy groups -OCH3 is 1. The van der Waals surface area contributed by atoms with Gasteiger partial charge in [0.05, 0.1) is 12.7 Å². The SMILES string of the molecule is COc1c(F)c(F)cc(C(=O)C(=O)O)c1F. The lowest BCUT2D eigenvalue weighted by Crippen LogP contribution is -2.16. The fraction of sp³-hybridized carbons (Fsp3) is 0.111. The highest BCUT2D eigenvalue weighted by Crippen LogP contribution is 2.27. The average molecular weight is 234 g/mol. The van der Waals surface area contributed by atoms with Gasteiger partial charge < -0.3 is 9.84 Å². The van der Waals surface area contributed by atoms with E-state index in [1.54, 1.807) is 0 Å². The first kappa shape index (κ1) is 12.0. The molecule has 16 heavy (non-hydrogen) atoms. The zero-order valence-corrected chi connectivity index (χ0v) is 7.88. The molecule has 0 saturated heterocycles. The van der Waals surface area contributed by atoms with Crippen LogP contribution in [0, 0.1) is 17.5 Å². The Morgan fingerprint density at radius 2 is 1.81 bits per heavy atom. The third-order valence-electron chi connectivity index (χ3n) is 1.76. The molecule has 0 aliphatic rings. The summed E-state index contributed by atoms with van der Waals surface area (Å²) in [5.41, 5.74) is -1.09. The Morgan fingerprint density at radius 1 is 1.25 bits per heavy atom. The van der Waals surface area contributed by atoms with Crippen molar-refractivity contribution in [3.63, 3.8) is 0 Å². The molecule has 1 aromatic carbocycles. The third-order valence-corrected chi connectivity index (χ3v) is 1.76. The van der Waals surface area contributed by atoms with Crippen LogP contribution in [-0.4, -0.2) is 24.0 Å². The minimum absolute atomic E-state index is 0.170. The first-order chi connectivity index (χ1) is 7.40. The second-order valence-corrected chi connectivity index (χ2v) is 2.70. The van der Waals surface area contributed by atoms with E-state index in [0.717, 1.165) is 7.11 Å². The summed E-state index contributed by atoms with van der Waals surface area (Å²) in [6.07, 6.45) is 0. The van der Waals surface area contributed by atoms with Crippen molar-refractivity contribution in [1.29, 1.82) is 0 Å². The van der Waals surface area contributed by atoms with E-state index in [1.807, 2.05) is 0 Å². The zero-order valence-electron chi connectivity index (χ0n) is 7.88. The van der Waals surface area contributed by atoms with Crippen molar-refractivity contribution in [2.75, 3.05) is 7.11 Å². The Kier molecular flexibility index (Phi) is 3.17. The molecular weight excluding hydrogens is 229 g/mol. The topological polar surface area (TPSA) is 63.6 Å². The second kappa shape index (κ2) is 4.21. The van der Waals surface area contributed by atoms with Crippen LogP contribution in [0.1, 0.15) is 10.4 Å². The number of carboxylic acid groups (broad SMARTS) is 1. The lowest BCUT2D eigenvalue weighted by atomic mass is 10.1. The van der Waals surface area contributed by atoms with E-state index in [-0.39, 0.29) is 6.07 Å². The van der Waals surface area contributed by atoms with Crippen molar-refractivity contribution < 1.29 is 32.6 Å². The van der Waals surface area contributed by atoms with Gasteiger partial charge in [0.1, 0.15) is 0 Å². The van der Waals surface area contributed by atoms with Crippen LogP contribution < -0.4 is 4.74 Å². The number of hydrogen-bond donors (Lipinski definition) is 1. The highest BCUT2D eigenvalue weighted by atomic mass is 19.2. The number of carbonyl (C=O) groups excluding carboxylic acids is 1. The van der Waals surface area contributed by atoms with Gasteiger partial charge in [-0.05, 0) is 6.07 Å². The summed E-state index contributed by atoms with van der Waals surface area (Å²) >= 11 is 0. The average Bonchev–Trinajstić information content (AvgIpc) is 2.23. The molecule has 0 aliphatic heterocycles. The van der Waals surface area contributed by atoms with E-state index in [4.69, 9.17) is 5.11 Å². The fourth-order valence-electron chi connectivity index (χ4n) is 1.04.